The highest BCUT2D eigenvalue weighted by Gasteiger charge is 2.41. The molecule has 1 atom stereocenters. The number of fused-ring (bicyclic) bond motifs is 1. The van der Waals surface area contributed by atoms with E-state index in [1.54, 1.807) is 37.3 Å². The van der Waals surface area contributed by atoms with Gasteiger partial charge in [-0.1, -0.05) is 12.1 Å². The number of hydrogen-bond donors (Lipinski definition) is 2. The fraction of sp³-hybridized carbons (Fsp3) is 0.222. The van der Waals surface area contributed by atoms with E-state index in [1.165, 1.54) is 12.3 Å². The molecule has 0 bridgehead atoms. The van der Waals surface area contributed by atoms with Gasteiger partial charge >= 0.3 is 6.18 Å². The van der Waals surface area contributed by atoms with Crippen molar-refractivity contribution in [3.05, 3.63) is 59.5 Å². The second-order valence-corrected chi connectivity index (χ2v) is 6.25. The molecule has 1 aromatic carbocycles. The van der Waals surface area contributed by atoms with E-state index in [2.05, 4.69) is 15.5 Å². The lowest BCUT2D eigenvalue weighted by molar-refractivity contribution is -0.144. The Morgan fingerprint density at radius 2 is 2.00 bits per heavy atom. The van der Waals surface area contributed by atoms with E-state index >= 15 is 0 Å². The summed E-state index contributed by atoms with van der Waals surface area (Å²) in [5.41, 5.74) is 1.46. The summed E-state index contributed by atoms with van der Waals surface area (Å²) in [6.45, 7) is 0.369. The van der Waals surface area contributed by atoms with Crippen LogP contribution in [0.5, 0.6) is 0 Å². The smallest absolute Gasteiger partial charge is 0.406 e. The van der Waals surface area contributed by atoms with E-state index in [0.29, 0.717) is 28.5 Å². The number of halogens is 3. The van der Waals surface area contributed by atoms with Gasteiger partial charge in [-0.25, -0.2) is 0 Å². The van der Waals surface area contributed by atoms with Crippen LogP contribution in [0.2, 0.25) is 0 Å². The van der Waals surface area contributed by atoms with Crippen molar-refractivity contribution in [1.29, 1.82) is 0 Å². The molecule has 0 spiro atoms. The number of alkyl halides is 3. The van der Waals surface area contributed by atoms with Gasteiger partial charge < -0.3 is 14.6 Å². The van der Waals surface area contributed by atoms with E-state index in [0.717, 1.165) is 4.90 Å². The molecule has 27 heavy (non-hydrogen) atoms. The van der Waals surface area contributed by atoms with Crippen molar-refractivity contribution in [2.75, 3.05) is 11.9 Å². The summed E-state index contributed by atoms with van der Waals surface area (Å²) in [6.07, 6.45) is -4.20. The molecule has 0 fully saturated rings. The zero-order valence-corrected chi connectivity index (χ0v) is 14.2. The van der Waals surface area contributed by atoms with Crippen LogP contribution in [0.4, 0.5) is 18.9 Å². The number of carbonyl (C=O) groups excluding carboxylic acids is 1. The minimum absolute atomic E-state index is 0.192. The molecule has 9 heteroatoms. The second-order valence-electron chi connectivity index (χ2n) is 6.25. The van der Waals surface area contributed by atoms with Crippen LogP contribution in [0.3, 0.4) is 0 Å². The maximum atomic E-state index is 13.2. The molecule has 3 aromatic rings. The Morgan fingerprint density at radius 3 is 2.70 bits per heavy atom. The number of H-pyrrole nitrogens is 1. The number of amides is 1. The van der Waals surface area contributed by atoms with Crippen LogP contribution in [0.15, 0.2) is 47.0 Å². The van der Waals surface area contributed by atoms with Gasteiger partial charge in [0.2, 0.25) is 0 Å². The van der Waals surface area contributed by atoms with Crippen molar-refractivity contribution in [2.24, 2.45) is 0 Å². The molecule has 1 aliphatic heterocycles. The van der Waals surface area contributed by atoms with Crippen molar-refractivity contribution in [2.45, 2.75) is 19.3 Å². The summed E-state index contributed by atoms with van der Waals surface area (Å²) in [5.74, 6) is 0.380. The minimum Gasteiger partial charge on any atom is -0.460 e. The van der Waals surface area contributed by atoms with Crippen molar-refractivity contribution in [1.82, 2.24) is 15.1 Å². The van der Waals surface area contributed by atoms with Gasteiger partial charge in [-0.2, -0.15) is 18.3 Å². The van der Waals surface area contributed by atoms with E-state index in [1.807, 2.05) is 0 Å². The lowest BCUT2D eigenvalue weighted by Gasteiger charge is -2.38. The first kappa shape index (κ1) is 17.2. The zero-order valence-electron chi connectivity index (χ0n) is 14.2. The van der Waals surface area contributed by atoms with Gasteiger partial charge in [-0.15, -0.1) is 0 Å². The molecule has 140 valence electrons. The van der Waals surface area contributed by atoms with Crippen LogP contribution in [-0.4, -0.2) is 33.7 Å². The van der Waals surface area contributed by atoms with Gasteiger partial charge in [0, 0.05) is 11.3 Å². The Hall–Kier alpha value is -3.23. The second kappa shape index (κ2) is 6.19. The summed E-state index contributed by atoms with van der Waals surface area (Å²) in [5, 5.41) is 9.73. The highest BCUT2D eigenvalue weighted by Crippen LogP contribution is 2.38. The van der Waals surface area contributed by atoms with Crippen LogP contribution in [-0.2, 0) is 0 Å². The molecule has 2 aromatic heterocycles. The van der Waals surface area contributed by atoms with Crippen LogP contribution in [0, 0.1) is 6.92 Å². The molecule has 3 heterocycles. The third kappa shape index (κ3) is 3.16. The molecule has 0 saturated heterocycles. The Bertz CT molecular complexity index is 992. The number of aromatic amines is 1. The predicted octanol–water partition coefficient (Wildman–Crippen LogP) is 4.11. The van der Waals surface area contributed by atoms with Crippen molar-refractivity contribution in [3.8, 4) is 11.5 Å². The zero-order chi connectivity index (χ0) is 19.2. The summed E-state index contributed by atoms with van der Waals surface area (Å²) < 4.78 is 45.1. The number of aromatic nitrogens is 2. The topological polar surface area (TPSA) is 74.2 Å². The molecule has 0 radical (unpaired) electrons. The number of nitrogens with zero attached hydrogens (tertiary/aromatic N) is 2. The summed E-state index contributed by atoms with van der Waals surface area (Å²) >= 11 is 0. The molecular weight excluding hydrogens is 361 g/mol. The van der Waals surface area contributed by atoms with Crippen LogP contribution in [0.25, 0.3) is 11.5 Å². The van der Waals surface area contributed by atoms with E-state index in [9.17, 15) is 18.0 Å². The number of carbonyl (C=O) groups is 1. The van der Waals surface area contributed by atoms with Crippen LogP contribution < -0.4 is 5.32 Å². The quantitative estimate of drug-likeness (QED) is 0.722. The first-order valence-corrected chi connectivity index (χ1v) is 8.17. The number of furan rings is 1. The number of para-hydroxylation sites is 1. The predicted molar refractivity (Wildman–Crippen MR) is 90.9 cm³/mol. The third-order valence-electron chi connectivity index (χ3n) is 4.32. The number of aryl methyl sites for hydroxylation is 1. The molecule has 0 unspecified atom stereocenters. The molecule has 6 nitrogen and oxygen atoms in total. The number of rotatable bonds is 3. The Morgan fingerprint density at radius 1 is 1.22 bits per heavy atom. The Balaban J connectivity index is 1.81. The van der Waals surface area contributed by atoms with Gasteiger partial charge in [-0.05, 0) is 31.2 Å². The lowest BCUT2D eigenvalue weighted by Crippen LogP contribution is -2.47. The molecule has 1 amide bonds. The molecule has 0 aliphatic carbocycles. The van der Waals surface area contributed by atoms with Crippen molar-refractivity contribution < 1.29 is 22.4 Å². The SMILES string of the molecule is Cc1ccc(-c2[nH]ncc2[C@@H]2Nc3ccccc3C(=O)N2CC(F)(F)F)o1. The first-order valence-electron chi connectivity index (χ1n) is 8.17. The van der Waals surface area contributed by atoms with Gasteiger partial charge in [-0.3, -0.25) is 9.89 Å². The maximum Gasteiger partial charge on any atom is 0.406 e. The number of nitrogens with one attached hydrogen (secondary N) is 2. The standard InChI is InChI=1S/C18H15F3N4O2/c1-10-6-7-14(27-10)15-12(8-22-24-15)16-23-13-5-3-2-4-11(13)17(26)25(16)9-18(19,20)21/h2-8,16,23H,9H2,1H3,(H,22,24)/t16-/m1/s1. The van der Waals surface area contributed by atoms with Crippen LogP contribution >= 0.6 is 0 Å². The van der Waals surface area contributed by atoms with E-state index < -0.39 is 24.8 Å². The van der Waals surface area contributed by atoms with Gasteiger partial charge in [0.05, 0.1) is 11.8 Å². The Kier molecular flexibility index (Phi) is 3.94. The Labute approximate surface area is 152 Å². The largest absolute Gasteiger partial charge is 0.460 e. The summed E-state index contributed by atoms with van der Waals surface area (Å²) in [6, 6.07) is 9.90. The van der Waals surface area contributed by atoms with Gasteiger partial charge in [0.1, 0.15) is 24.2 Å². The van der Waals surface area contributed by atoms with Gasteiger partial charge in [0.25, 0.3) is 5.91 Å². The first-order chi connectivity index (χ1) is 12.8. The highest BCUT2D eigenvalue weighted by molar-refractivity contribution is 6.01. The average molecular weight is 376 g/mol. The van der Waals surface area contributed by atoms with E-state index in [4.69, 9.17) is 4.42 Å². The molecule has 4 rings (SSSR count). The lowest BCUT2D eigenvalue weighted by atomic mass is 10.0. The normalized spacial score (nSPS) is 17.0. The fourth-order valence-electron chi connectivity index (χ4n) is 3.16. The minimum atomic E-state index is -4.55. The maximum absolute atomic E-state index is 13.2. The average Bonchev–Trinajstić information content (AvgIpc) is 3.25. The van der Waals surface area contributed by atoms with Crippen molar-refractivity contribution >= 4 is 11.6 Å². The van der Waals surface area contributed by atoms with Crippen LogP contribution in [0.1, 0.15) is 27.8 Å². The molecule has 1 aliphatic rings. The molecule has 2 N–H and O–H groups in total. The number of benzene rings is 1. The third-order valence-corrected chi connectivity index (χ3v) is 4.32. The number of hydrogen-bond acceptors (Lipinski definition) is 4. The monoisotopic (exact) mass is 376 g/mol. The summed E-state index contributed by atoms with van der Waals surface area (Å²) in [7, 11) is 0. The number of anilines is 1. The van der Waals surface area contributed by atoms with Gasteiger partial charge in [0.15, 0.2) is 5.76 Å². The summed E-state index contributed by atoms with van der Waals surface area (Å²) in [4.78, 5) is 13.5. The van der Waals surface area contributed by atoms with Crippen molar-refractivity contribution in [3.63, 3.8) is 0 Å². The fourth-order valence-corrected chi connectivity index (χ4v) is 3.16. The molecular formula is C18H15F3N4O2. The highest BCUT2D eigenvalue weighted by atomic mass is 19.4. The van der Waals surface area contributed by atoms with E-state index in [-0.39, 0.29) is 5.56 Å². The molecule has 0 saturated carbocycles.